The maximum atomic E-state index is 13.1. The minimum Gasteiger partial charge on any atom is -0.456 e. The van der Waals surface area contributed by atoms with Crippen LogP contribution in [0.25, 0.3) is 5.69 Å². The lowest BCUT2D eigenvalue weighted by molar-refractivity contribution is -0.119. The highest BCUT2D eigenvalue weighted by Crippen LogP contribution is 2.36. The van der Waals surface area contributed by atoms with Gasteiger partial charge >= 0.3 is 6.03 Å². The highest BCUT2D eigenvalue weighted by Gasteiger charge is 2.22. The van der Waals surface area contributed by atoms with E-state index in [-0.39, 0.29) is 45.8 Å². The highest BCUT2D eigenvalue weighted by molar-refractivity contribution is 6.35. The number of pyridine rings is 1. The van der Waals surface area contributed by atoms with Crippen molar-refractivity contribution < 1.29 is 19.1 Å². The molecule has 2 aromatic heterocycles. The molecular weight excluding hydrogens is 558 g/mol. The van der Waals surface area contributed by atoms with Gasteiger partial charge in [0.2, 0.25) is 0 Å². The molecule has 0 aliphatic rings. The largest absolute Gasteiger partial charge is 0.456 e. The third-order valence-corrected chi connectivity index (χ3v) is 6.36. The lowest BCUT2D eigenvalue weighted by Gasteiger charge is -2.14. The fourth-order valence-corrected chi connectivity index (χ4v) is 4.06. The minimum atomic E-state index is -0.575. The molecule has 4 rings (SSSR count). The maximum absolute atomic E-state index is 13.1. The Morgan fingerprint density at radius 2 is 1.79 bits per heavy atom. The van der Waals surface area contributed by atoms with Crippen molar-refractivity contribution in [3.05, 3.63) is 82.6 Å². The third-order valence-electron chi connectivity index (χ3n) is 5.96. The molecule has 3 N–H and O–H groups in total. The van der Waals surface area contributed by atoms with Crippen molar-refractivity contribution >= 4 is 40.9 Å². The van der Waals surface area contributed by atoms with Gasteiger partial charge in [0.25, 0.3) is 5.91 Å². The number of ether oxygens (including phenoxy) is 2. The number of carbonyl (C=O) groups is 2. The van der Waals surface area contributed by atoms with Crippen LogP contribution in [-0.2, 0) is 14.9 Å². The Kier molecular flexibility index (Phi) is 9.10. The number of nitriles is 1. The van der Waals surface area contributed by atoms with Crippen LogP contribution >= 0.6 is 11.6 Å². The van der Waals surface area contributed by atoms with Crippen molar-refractivity contribution in [2.45, 2.75) is 33.1 Å². The monoisotopic (exact) mass is 587 g/mol. The minimum absolute atomic E-state index is 0.00440. The van der Waals surface area contributed by atoms with Crippen LogP contribution in [-0.4, -0.2) is 40.4 Å². The molecule has 0 spiro atoms. The predicted molar refractivity (Wildman–Crippen MR) is 161 cm³/mol. The fraction of sp³-hybridized carbons (Fsp3) is 0.233. The number of nitrogens with zero attached hydrogens (tertiary/aromatic N) is 4. The number of anilines is 3. The SMILES string of the molecule is COCC(=O)Nc1cc(Oc2ccc(NC(=O)Nc3cc(C(C)(C)C)nn3-c3ccc(C)cc3)c(Cl)c2C#N)ccn1. The number of hydrogen-bond acceptors (Lipinski definition) is 7. The second kappa shape index (κ2) is 12.7. The van der Waals surface area contributed by atoms with Crippen LogP contribution in [0.5, 0.6) is 11.5 Å². The molecule has 0 unspecified atom stereocenters. The molecule has 2 aromatic carbocycles. The first kappa shape index (κ1) is 30.0. The number of benzene rings is 2. The standard InChI is InChI=1S/C30H30ClN7O4/c1-18-6-8-19(9-7-18)38-26(15-24(37-38)30(2,3)4)36-29(40)34-22-10-11-23(21(16-32)28(22)31)42-20-12-13-33-25(14-20)35-27(39)17-41-5/h6-15H,17H2,1-5H3,(H,33,35,39)(H2,34,36,40). The first-order valence-electron chi connectivity index (χ1n) is 12.9. The molecule has 0 saturated carbocycles. The molecule has 42 heavy (non-hydrogen) atoms. The van der Waals surface area contributed by atoms with Gasteiger partial charge in [-0.15, -0.1) is 0 Å². The van der Waals surface area contributed by atoms with Gasteiger partial charge in [-0.25, -0.2) is 14.5 Å². The smallest absolute Gasteiger partial charge is 0.324 e. The van der Waals surface area contributed by atoms with E-state index in [1.54, 1.807) is 10.7 Å². The van der Waals surface area contributed by atoms with Gasteiger partial charge in [-0.3, -0.25) is 10.1 Å². The number of rotatable bonds is 8. The van der Waals surface area contributed by atoms with Crippen molar-refractivity contribution in [1.82, 2.24) is 14.8 Å². The number of amides is 3. The van der Waals surface area contributed by atoms with Crippen LogP contribution < -0.4 is 20.7 Å². The number of halogens is 1. The van der Waals surface area contributed by atoms with Crippen molar-refractivity contribution in [2.24, 2.45) is 0 Å². The van der Waals surface area contributed by atoms with Crippen molar-refractivity contribution in [1.29, 1.82) is 5.26 Å². The second-order valence-electron chi connectivity index (χ2n) is 10.4. The number of hydrogen-bond donors (Lipinski definition) is 3. The van der Waals surface area contributed by atoms with Crippen molar-refractivity contribution in [3.8, 4) is 23.3 Å². The molecule has 0 fully saturated rings. The normalized spacial score (nSPS) is 11.0. The molecule has 0 aliphatic carbocycles. The molecule has 0 bridgehead atoms. The van der Waals surface area contributed by atoms with Gasteiger partial charge in [-0.2, -0.15) is 10.4 Å². The van der Waals surface area contributed by atoms with Crippen molar-refractivity contribution in [2.75, 3.05) is 29.7 Å². The van der Waals surface area contributed by atoms with Crippen LogP contribution in [0.15, 0.2) is 60.8 Å². The zero-order chi connectivity index (χ0) is 30.4. The Hall–Kier alpha value is -4.92. The number of urea groups is 1. The fourth-order valence-electron chi connectivity index (χ4n) is 3.81. The molecule has 0 atom stereocenters. The Labute approximate surface area is 248 Å². The zero-order valence-corrected chi connectivity index (χ0v) is 24.5. The van der Waals surface area contributed by atoms with E-state index in [0.717, 1.165) is 16.9 Å². The quantitative estimate of drug-likeness (QED) is 0.216. The second-order valence-corrected chi connectivity index (χ2v) is 10.7. The number of methoxy groups -OCH3 is 1. The van der Waals surface area contributed by atoms with Gasteiger partial charge in [0.05, 0.1) is 22.1 Å². The molecule has 0 radical (unpaired) electrons. The topological polar surface area (TPSA) is 143 Å². The average Bonchev–Trinajstić information content (AvgIpc) is 3.35. The molecule has 2 heterocycles. The van der Waals surface area contributed by atoms with Crippen LogP contribution in [0.1, 0.15) is 37.6 Å². The van der Waals surface area contributed by atoms with E-state index in [9.17, 15) is 14.9 Å². The van der Waals surface area contributed by atoms with Gasteiger partial charge < -0.3 is 20.1 Å². The Morgan fingerprint density at radius 1 is 1.05 bits per heavy atom. The lowest BCUT2D eigenvalue weighted by Crippen LogP contribution is -2.21. The average molecular weight is 588 g/mol. The van der Waals surface area contributed by atoms with Gasteiger partial charge in [0, 0.05) is 30.9 Å². The molecule has 216 valence electrons. The molecule has 4 aromatic rings. The third kappa shape index (κ3) is 7.23. The Balaban J connectivity index is 1.54. The molecular formula is C30H30ClN7O4. The summed E-state index contributed by atoms with van der Waals surface area (Å²) in [6.45, 7) is 7.98. The van der Waals surface area contributed by atoms with Crippen LogP contribution in [0.2, 0.25) is 5.02 Å². The van der Waals surface area contributed by atoms with E-state index in [0.29, 0.717) is 11.6 Å². The van der Waals surface area contributed by atoms with Crippen LogP contribution in [0, 0.1) is 18.3 Å². The zero-order valence-electron chi connectivity index (χ0n) is 23.8. The molecule has 12 heteroatoms. The van der Waals surface area contributed by atoms with Crippen molar-refractivity contribution in [3.63, 3.8) is 0 Å². The summed E-state index contributed by atoms with van der Waals surface area (Å²) in [5.74, 6) is 0.787. The Bertz CT molecular complexity index is 1650. The number of aryl methyl sites for hydroxylation is 1. The first-order chi connectivity index (χ1) is 20.0. The summed E-state index contributed by atoms with van der Waals surface area (Å²) in [7, 11) is 1.41. The molecule has 3 amide bonds. The van der Waals surface area contributed by atoms with Crippen LogP contribution in [0.3, 0.4) is 0 Å². The van der Waals surface area contributed by atoms with E-state index in [1.165, 1.54) is 31.5 Å². The predicted octanol–water partition coefficient (Wildman–Crippen LogP) is 6.42. The van der Waals surface area contributed by atoms with E-state index in [4.69, 9.17) is 26.2 Å². The molecule has 11 nitrogen and oxygen atoms in total. The van der Waals surface area contributed by atoms with Gasteiger partial charge in [0.1, 0.15) is 41.4 Å². The Morgan fingerprint density at radius 3 is 2.45 bits per heavy atom. The van der Waals surface area contributed by atoms with Crippen LogP contribution in [0.4, 0.5) is 22.1 Å². The number of nitrogens with one attached hydrogen (secondary N) is 3. The summed E-state index contributed by atoms with van der Waals surface area (Å²) in [6, 6.07) is 17.1. The van der Waals surface area contributed by atoms with E-state index in [2.05, 4.69) is 20.9 Å². The maximum Gasteiger partial charge on any atom is 0.324 e. The summed E-state index contributed by atoms with van der Waals surface area (Å²) < 4.78 is 12.3. The van der Waals surface area contributed by atoms with E-state index in [1.807, 2.05) is 64.1 Å². The summed E-state index contributed by atoms with van der Waals surface area (Å²) in [5.41, 5.74) is 2.64. The number of carbonyl (C=O) groups excluding carboxylic acids is 2. The highest BCUT2D eigenvalue weighted by atomic mass is 35.5. The van der Waals surface area contributed by atoms with Gasteiger partial charge in [0.15, 0.2) is 0 Å². The van der Waals surface area contributed by atoms with E-state index >= 15 is 0 Å². The van der Waals surface area contributed by atoms with Gasteiger partial charge in [-0.1, -0.05) is 50.1 Å². The van der Waals surface area contributed by atoms with Gasteiger partial charge in [-0.05, 0) is 37.3 Å². The lowest BCUT2D eigenvalue weighted by atomic mass is 9.92. The summed E-state index contributed by atoms with van der Waals surface area (Å²) in [6.07, 6.45) is 1.44. The molecule has 0 saturated heterocycles. The summed E-state index contributed by atoms with van der Waals surface area (Å²) in [4.78, 5) is 29.0. The summed E-state index contributed by atoms with van der Waals surface area (Å²) >= 11 is 6.52. The summed E-state index contributed by atoms with van der Waals surface area (Å²) in [5, 5.41) is 22.7. The number of aromatic nitrogens is 3. The van der Waals surface area contributed by atoms with E-state index < -0.39 is 6.03 Å². The first-order valence-corrected chi connectivity index (χ1v) is 13.3. The molecule has 0 aliphatic heterocycles.